The van der Waals surface area contributed by atoms with Crippen LogP contribution < -0.4 is 5.73 Å². The Morgan fingerprint density at radius 1 is 1.19 bits per heavy atom. The van der Waals surface area contributed by atoms with E-state index in [1.807, 2.05) is 0 Å². The van der Waals surface area contributed by atoms with E-state index in [4.69, 9.17) is 10.8 Å². The highest BCUT2D eigenvalue weighted by molar-refractivity contribution is 5.82. The molecule has 1 aromatic carbocycles. The standard InChI is InChI=1S/C18H29N3/c1-4-7-10-14(5-2)16(19)13-17-15-11-8-9-12-18(15)21(6-3)20-17/h8-9,11-12,14,16H,4-7,10,13,19H2,1-3H3. The highest BCUT2D eigenvalue weighted by Crippen LogP contribution is 2.23. The number of hydrogen-bond acceptors (Lipinski definition) is 2. The van der Waals surface area contributed by atoms with Crippen LogP contribution in [0, 0.1) is 5.92 Å². The van der Waals surface area contributed by atoms with E-state index in [0.717, 1.165) is 25.1 Å². The molecule has 2 N–H and O–H groups in total. The van der Waals surface area contributed by atoms with E-state index in [1.54, 1.807) is 0 Å². The number of nitrogens with zero attached hydrogens (tertiary/aromatic N) is 2. The molecular formula is C18H29N3. The van der Waals surface area contributed by atoms with Crippen molar-refractivity contribution in [1.82, 2.24) is 9.78 Å². The predicted molar refractivity (Wildman–Crippen MR) is 90.4 cm³/mol. The Balaban J connectivity index is 2.18. The zero-order valence-corrected chi connectivity index (χ0v) is 13.7. The van der Waals surface area contributed by atoms with Crippen molar-refractivity contribution in [2.75, 3.05) is 0 Å². The van der Waals surface area contributed by atoms with Gasteiger partial charge in [-0.2, -0.15) is 5.10 Å². The summed E-state index contributed by atoms with van der Waals surface area (Å²) in [4.78, 5) is 0. The van der Waals surface area contributed by atoms with Gasteiger partial charge >= 0.3 is 0 Å². The molecule has 0 aliphatic rings. The van der Waals surface area contributed by atoms with Crippen molar-refractivity contribution in [2.24, 2.45) is 11.7 Å². The van der Waals surface area contributed by atoms with Crippen LogP contribution in [0.15, 0.2) is 24.3 Å². The summed E-state index contributed by atoms with van der Waals surface area (Å²) in [6.07, 6.45) is 5.80. The fraction of sp³-hybridized carbons (Fsp3) is 0.611. The molecule has 2 rings (SSSR count). The molecule has 1 heterocycles. The third kappa shape index (κ3) is 3.65. The van der Waals surface area contributed by atoms with Gasteiger partial charge in [-0.05, 0) is 25.3 Å². The summed E-state index contributed by atoms with van der Waals surface area (Å²) >= 11 is 0. The average Bonchev–Trinajstić information content (AvgIpc) is 2.86. The van der Waals surface area contributed by atoms with Gasteiger partial charge in [0.2, 0.25) is 0 Å². The molecule has 21 heavy (non-hydrogen) atoms. The summed E-state index contributed by atoms with van der Waals surface area (Å²) in [6.45, 7) is 7.54. The molecule has 3 heteroatoms. The molecule has 2 atom stereocenters. The fourth-order valence-corrected chi connectivity index (χ4v) is 3.17. The summed E-state index contributed by atoms with van der Waals surface area (Å²) in [6, 6.07) is 8.70. The van der Waals surface area contributed by atoms with Crippen molar-refractivity contribution in [1.29, 1.82) is 0 Å². The Labute approximate surface area is 128 Å². The molecule has 116 valence electrons. The van der Waals surface area contributed by atoms with Crippen LogP contribution >= 0.6 is 0 Å². The number of aromatic nitrogens is 2. The Morgan fingerprint density at radius 3 is 2.62 bits per heavy atom. The highest BCUT2D eigenvalue weighted by atomic mass is 15.3. The summed E-state index contributed by atoms with van der Waals surface area (Å²) in [5, 5.41) is 6.05. The minimum atomic E-state index is 0.213. The van der Waals surface area contributed by atoms with Gasteiger partial charge < -0.3 is 5.73 Å². The smallest absolute Gasteiger partial charge is 0.0718 e. The molecule has 3 nitrogen and oxygen atoms in total. The van der Waals surface area contributed by atoms with Crippen LogP contribution in [0.2, 0.25) is 0 Å². The van der Waals surface area contributed by atoms with E-state index in [-0.39, 0.29) is 6.04 Å². The Kier molecular flexibility index (Phi) is 5.80. The van der Waals surface area contributed by atoms with Gasteiger partial charge in [0.1, 0.15) is 0 Å². The molecule has 0 fully saturated rings. The van der Waals surface area contributed by atoms with Crippen LogP contribution in [0.5, 0.6) is 0 Å². The first-order valence-corrected chi connectivity index (χ1v) is 8.41. The number of nitrogens with two attached hydrogens (primary N) is 1. The molecule has 0 saturated heterocycles. The largest absolute Gasteiger partial charge is 0.327 e. The number of hydrogen-bond donors (Lipinski definition) is 1. The molecule has 0 aliphatic carbocycles. The Morgan fingerprint density at radius 2 is 1.95 bits per heavy atom. The molecule has 0 amide bonds. The molecule has 0 radical (unpaired) electrons. The molecule has 1 aromatic heterocycles. The number of unbranched alkanes of at least 4 members (excludes halogenated alkanes) is 1. The van der Waals surface area contributed by atoms with Crippen LogP contribution in [0.3, 0.4) is 0 Å². The number of benzene rings is 1. The molecule has 2 unspecified atom stereocenters. The second kappa shape index (κ2) is 7.60. The van der Waals surface area contributed by atoms with Crippen LogP contribution in [0.1, 0.15) is 52.1 Å². The predicted octanol–water partition coefficient (Wildman–Crippen LogP) is 4.14. The number of para-hydroxylation sites is 1. The van der Waals surface area contributed by atoms with Crippen molar-refractivity contribution in [3.63, 3.8) is 0 Å². The Bertz CT molecular complexity index is 559. The number of rotatable bonds is 8. The molecule has 0 bridgehead atoms. The summed E-state index contributed by atoms with van der Waals surface area (Å²) in [5.74, 6) is 0.607. The van der Waals surface area contributed by atoms with Gasteiger partial charge in [-0.1, -0.05) is 51.3 Å². The third-order valence-electron chi connectivity index (χ3n) is 4.52. The first kappa shape index (κ1) is 16.0. The van der Waals surface area contributed by atoms with Crippen molar-refractivity contribution in [2.45, 2.75) is 65.5 Å². The summed E-state index contributed by atoms with van der Waals surface area (Å²) in [7, 11) is 0. The lowest BCUT2D eigenvalue weighted by molar-refractivity contribution is 0.366. The molecule has 0 spiro atoms. The fourth-order valence-electron chi connectivity index (χ4n) is 3.17. The highest BCUT2D eigenvalue weighted by Gasteiger charge is 2.19. The quantitative estimate of drug-likeness (QED) is 0.793. The number of aryl methyl sites for hydroxylation is 1. The maximum atomic E-state index is 6.49. The van der Waals surface area contributed by atoms with E-state index in [0.29, 0.717) is 5.92 Å². The van der Waals surface area contributed by atoms with E-state index in [1.165, 1.54) is 30.2 Å². The summed E-state index contributed by atoms with van der Waals surface area (Å²) in [5.41, 5.74) is 8.88. The van der Waals surface area contributed by atoms with Gasteiger partial charge in [-0.15, -0.1) is 0 Å². The topological polar surface area (TPSA) is 43.8 Å². The van der Waals surface area contributed by atoms with Gasteiger partial charge in [0.25, 0.3) is 0 Å². The van der Waals surface area contributed by atoms with E-state index < -0.39 is 0 Å². The lowest BCUT2D eigenvalue weighted by Gasteiger charge is -2.21. The van der Waals surface area contributed by atoms with Gasteiger partial charge in [0, 0.05) is 24.4 Å². The normalized spacial score (nSPS) is 14.5. The average molecular weight is 287 g/mol. The van der Waals surface area contributed by atoms with Crippen LogP contribution in [-0.2, 0) is 13.0 Å². The second-order valence-corrected chi connectivity index (χ2v) is 5.96. The molecule has 0 aliphatic heterocycles. The lowest BCUT2D eigenvalue weighted by atomic mass is 9.89. The van der Waals surface area contributed by atoms with Crippen molar-refractivity contribution < 1.29 is 0 Å². The second-order valence-electron chi connectivity index (χ2n) is 5.96. The van der Waals surface area contributed by atoms with Crippen LogP contribution in [-0.4, -0.2) is 15.8 Å². The van der Waals surface area contributed by atoms with Crippen molar-refractivity contribution in [3.8, 4) is 0 Å². The summed E-state index contributed by atoms with van der Waals surface area (Å²) < 4.78 is 2.09. The van der Waals surface area contributed by atoms with Crippen molar-refractivity contribution in [3.05, 3.63) is 30.0 Å². The SMILES string of the molecule is CCCCC(CC)C(N)Cc1nn(CC)c2ccccc12. The monoisotopic (exact) mass is 287 g/mol. The van der Waals surface area contributed by atoms with E-state index in [9.17, 15) is 0 Å². The van der Waals surface area contributed by atoms with Gasteiger partial charge in [0.15, 0.2) is 0 Å². The minimum absolute atomic E-state index is 0.213. The van der Waals surface area contributed by atoms with Crippen LogP contribution in [0.4, 0.5) is 0 Å². The van der Waals surface area contributed by atoms with E-state index >= 15 is 0 Å². The van der Waals surface area contributed by atoms with Crippen molar-refractivity contribution >= 4 is 10.9 Å². The maximum Gasteiger partial charge on any atom is 0.0718 e. The van der Waals surface area contributed by atoms with Gasteiger partial charge in [-0.25, -0.2) is 0 Å². The van der Waals surface area contributed by atoms with Gasteiger partial charge in [0.05, 0.1) is 11.2 Å². The van der Waals surface area contributed by atoms with Crippen LogP contribution in [0.25, 0.3) is 10.9 Å². The minimum Gasteiger partial charge on any atom is -0.327 e. The first-order chi connectivity index (χ1) is 10.2. The third-order valence-corrected chi connectivity index (χ3v) is 4.52. The lowest BCUT2D eigenvalue weighted by Crippen LogP contribution is -2.32. The zero-order valence-electron chi connectivity index (χ0n) is 13.7. The molecule has 0 saturated carbocycles. The molecular weight excluding hydrogens is 258 g/mol. The maximum absolute atomic E-state index is 6.49. The van der Waals surface area contributed by atoms with E-state index in [2.05, 4.69) is 49.7 Å². The zero-order chi connectivity index (χ0) is 15.2. The molecule has 2 aromatic rings. The Hall–Kier alpha value is -1.35. The van der Waals surface area contributed by atoms with Gasteiger partial charge in [-0.3, -0.25) is 4.68 Å². The first-order valence-electron chi connectivity index (χ1n) is 8.41. The number of fused-ring (bicyclic) bond motifs is 1.